The molecular formula is C18H26N2O4S. The van der Waals surface area contributed by atoms with Crippen molar-refractivity contribution in [1.82, 2.24) is 4.90 Å². The molecule has 2 N–H and O–H groups in total. The van der Waals surface area contributed by atoms with Crippen LogP contribution in [0.15, 0.2) is 23.1 Å². The standard InChI is InChI=1S/C18H26N2O4S/c1-13-15(8-5-9-17(13)25(19,22)23)18(21)20-10-11-24-16(12-20)14-6-3-2-4-7-14/h5,8-9,14,16H,2-4,6-7,10-12H2,1H3,(H2,19,22,23). The fourth-order valence-corrected chi connectivity index (χ4v) is 4.78. The lowest BCUT2D eigenvalue weighted by Gasteiger charge is -2.38. The topological polar surface area (TPSA) is 89.7 Å². The van der Waals surface area contributed by atoms with E-state index in [-0.39, 0.29) is 16.9 Å². The third-order valence-electron chi connectivity index (χ3n) is 5.38. The summed E-state index contributed by atoms with van der Waals surface area (Å²) < 4.78 is 29.3. The summed E-state index contributed by atoms with van der Waals surface area (Å²) in [7, 11) is -3.84. The summed E-state index contributed by atoms with van der Waals surface area (Å²) >= 11 is 0. The Morgan fingerprint density at radius 3 is 2.64 bits per heavy atom. The van der Waals surface area contributed by atoms with Gasteiger partial charge in [0, 0.05) is 18.7 Å². The zero-order chi connectivity index (χ0) is 18.0. The molecule has 0 aromatic heterocycles. The smallest absolute Gasteiger partial charge is 0.254 e. The van der Waals surface area contributed by atoms with Crippen molar-refractivity contribution in [3.63, 3.8) is 0 Å². The number of benzene rings is 1. The van der Waals surface area contributed by atoms with Gasteiger partial charge in [0.2, 0.25) is 10.0 Å². The summed E-state index contributed by atoms with van der Waals surface area (Å²) in [4.78, 5) is 14.8. The fraction of sp³-hybridized carbons (Fsp3) is 0.611. The number of primary sulfonamides is 1. The number of carbonyl (C=O) groups is 1. The second-order valence-electron chi connectivity index (χ2n) is 7.03. The Balaban J connectivity index is 1.79. The van der Waals surface area contributed by atoms with E-state index in [1.807, 2.05) is 0 Å². The highest BCUT2D eigenvalue weighted by molar-refractivity contribution is 7.89. The molecule has 1 aromatic carbocycles. The number of amides is 1. The SMILES string of the molecule is Cc1c(C(=O)N2CCOC(C3CCCCC3)C2)cccc1S(N)(=O)=O. The molecule has 1 atom stereocenters. The highest BCUT2D eigenvalue weighted by atomic mass is 32.2. The molecule has 1 amide bonds. The van der Waals surface area contributed by atoms with Gasteiger partial charge in [0.25, 0.3) is 5.91 Å². The molecule has 138 valence electrons. The average Bonchev–Trinajstić information content (AvgIpc) is 2.61. The minimum atomic E-state index is -3.84. The van der Waals surface area contributed by atoms with Gasteiger partial charge in [0.05, 0.1) is 17.6 Å². The summed E-state index contributed by atoms with van der Waals surface area (Å²) in [6.07, 6.45) is 6.15. The van der Waals surface area contributed by atoms with Gasteiger partial charge in [0.1, 0.15) is 0 Å². The minimum absolute atomic E-state index is 0.00967. The Kier molecular flexibility index (Phi) is 5.46. The second kappa shape index (κ2) is 7.43. The largest absolute Gasteiger partial charge is 0.374 e. The molecule has 0 spiro atoms. The van der Waals surface area contributed by atoms with Gasteiger partial charge >= 0.3 is 0 Å². The summed E-state index contributed by atoms with van der Waals surface area (Å²) in [6.45, 7) is 3.26. The number of nitrogens with zero attached hydrogens (tertiary/aromatic N) is 1. The Bertz CT molecular complexity index is 741. The van der Waals surface area contributed by atoms with Crippen molar-refractivity contribution < 1.29 is 17.9 Å². The fourth-order valence-electron chi connectivity index (χ4n) is 3.98. The van der Waals surface area contributed by atoms with E-state index in [0.717, 1.165) is 12.8 Å². The number of morpholine rings is 1. The lowest BCUT2D eigenvalue weighted by Crippen LogP contribution is -2.48. The highest BCUT2D eigenvalue weighted by Crippen LogP contribution is 2.30. The molecular weight excluding hydrogens is 340 g/mol. The van der Waals surface area contributed by atoms with E-state index >= 15 is 0 Å². The van der Waals surface area contributed by atoms with Gasteiger partial charge in [0.15, 0.2) is 0 Å². The first-order chi connectivity index (χ1) is 11.9. The van der Waals surface area contributed by atoms with Crippen LogP contribution in [0.4, 0.5) is 0 Å². The van der Waals surface area contributed by atoms with Crippen molar-refractivity contribution in [1.29, 1.82) is 0 Å². The van der Waals surface area contributed by atoms with Crippen molar-refractivity contribution in [2.45, 2.75) is 50.0 Å². The van der Waals surface area contributed by atoms with Gasteiger partial charge in [-0.15, -0.1) is 0 Å². The van der Waals surface area contributed by atoms with E-state index in [2.05, 4.69) is 0 Å². The average molecular weight is 366 g/mol. The first kappa shape index (κ1) is 18.4. The third-order valence-corrected chi connectivity index (χ3v) is 6.43. The van der Waals surface area contributed by atoms with Crippen LogP contribution in [0.2, 0.25) is 0 Å². The number of sulfonamides is 1. The van der Waals surface area contributed by atoms with Crippen LogP contribution in [0.25, 0.3) is 0 Å². The van der Waals surface area contributed by atoms with Gasteiger partial charge in [-0.05, 0) is 43.4 Å². The van der Waals surface area contributed by atoms with Gasteiger partial charge in [-0.1, -0.05) is 25.3 Å². The first-order valence-corrected chi connectivity index (χ1v) is 10.5. The molecule has 0 radical (unpaired) electrons. The van der Waals surface area contributed by atoms with Crippen molar-refractivity contribution in [2.24, 2.45) is 11.1 Å². The molecule has 3 rings (SSSR count). The molecule has 1 heterocycles. The van der Waals surface area contributed by atoms with Crippen molar-refractivity contribution in [2.75, 3.05) is 19.7 Å². The Morgan fingerprint density at radius 1 is 1.24 bits per heavy atom. The normalized spacial score (nSPS) is 22.8. The van der Waals surface area contributed by atoms with Crippen LogP contribution in [0.1, 0.15) is 48.0 Å². The highest BCUT2D eigenvalue weighted by Gasteiger charge is 2.32. The van der Waals surface area contributed by atoms with Crippen molar-refractivity contribution in [3.05, 3.63) is 29.3 Å². The van der Waals surface area contributed by atoms with E-state index in [4.69, 9.17) is 9.88 Å². The summed E-state index contributed by atoms with van der Waals surface area (Å²) in [5.74, 6) is 0.369. The molecule has 1 saturated heterocycles. The van der Waals surface area contributed by atoms with Gasteiger partial charge in [-0.3, -0.25) is 4.79 Å². The van der Waals surface area contributed by atoms with Crippen LogP contribution in [0, 0.1) is 12.8 Å². The van der Waals surface area contributed by atoms with Gasteiger partial charge < -0.3 is 9.64 Å². The van der Waals surface area contributed by atoms with Crippen LogP contribution in [0.5, 0.6) is 0 Å². The molecule has 6 nitrogen and oxygen atoms in total. The molecule has 1 aliphatic carbocycles. The van der Waals surface area contributed by atoms with Gasteiger partial charge in [-0.25, -0.2) is 13.6 Å². The number of ether oxygens (including phenoxy) is 1. The number of nitrogens with two attached hydrogens (primary N) is 1. The molecule has 1 unspecified atom stereocenters. The Hall–Kier alpha value is -1.44. The molecule has 0 bridgehead atoms. The molecule has 1 aliphatic heterocycles. The monoisotopic (exact) mass is 366 g/mol. The molecule has 2 fully saturated rings. The zero-order valence-corrected chi connectivity index (χ0v) is 15.4. The summed E-state index contributed by atoms with van der Waals surface area (Å²) in [5.41, 5.74) is 0.812. The first-order valence-electron chi connectivity index (χ1n) is 8.91. The second-order valence-corrected chi connectivity index (χ2v) is 8.56. The van der Waals surface area contributed by atoms with E-state index < -0.39 is 10.0 Å². The number of rotatable bonds is 3. The maximum absolute atomic E-state index is 13.0. The van der Waals surface area contributed by atoms with Crippen LogP contribution in [-0.2, 0) is 14.8 Å². The molecule has 1 aromatic rings. The van der Waals surface area contributed by atoms with Crippen LogP contribution in [0.3, 0.4) is 0 Å². The van der Waals surface area contributed by atoms with Crippen molar-refractivity contribution >= 4 is 15.9 Å². The predicted octanol–water partition coefficient (Wildman–Crippen LogP) is 2.06. The van der Waals surface area contributed by atoms with Crippen molar-refractivity contribution in [3.8, 4) is 0 Å². The lowest BCUT2D eigenvalue weighted by molar-refractivity contribution is -0.0562. The maximum Gasteiger partial charge on any atom is 0.254 e. The quantitative estimate of drug-likeness (QED) is 0.887. The number of carbonyl (C=O) groups excluding carboxylic acids is 1. The number of hydrogen-bond donors (Lipinski definition) is 1. The van der Waals surface area contributed by atoms with Gasteiger partial charge in [-0.2, -0.15) is 0 Å². The van der Waals surface area contributed by atoms with Crippen LogP contribution >= 0.6 is 0 Å². The molecule has 25 heavy (non-hydrogen) atoms. The maximum atomic E-state index is 13.0. The van der Waals surface area contributed by atoms with Crippen LogP contribution < -0.4 is 5.14 Å². The molecule has 1 saturated carbocycles. The predicted molar refractivity (Wildman–Crippen MR) is 94.8 cm³/mol. The van der Waals surface area contributed by atoms with E-state index in [1.54, 1.807) is 24.0 Å². The molecule has 2 aliphatic rings. The zero-order valence-electron chi connectivity index (χ0n) is 14.6. The minimum Gasteiger partial charge on any atom is -0.374 e. The summed E-state index contributed by atoms with van der Waals surface area (Å²) in [6, 6.07) is 4.67. The Morgan fingerprint density at radius 2 is 1.96 bits per heavy atom. The number of hydrogen-bond acceptors (Lipinski definition) is 4. The van der Waals surface area contributed by atoms with Crippen LogP contribution in [-0.4, -0.2) is 45.0 Å². The van der Waals surface area contributed by atoms with E-state index in [9.17, 15) is 13.2 Å². The lowest BCUT2D eigenvalue weighted by atomic mass is 9.84. The van der Waals surface area contributed by atoms with E-state index in [0.29, 0.717) is 36.7 Å². The Labute approximate surface area is 149 Å². The summed E-state index contributed by atoms with van der Waals surface area (Å²) in [5, 5.41) is 5.25. The molecule has 7 heteroatoms. The third kappa shape index (κ3) is 4.04. The van der Waals surface area contributed by atoms with E-state index in [1.165, 1.54) is 25.3 Å².